The first-order chi connectivity index (χ1) is 29.2. The molecule has 0 aliphatic heterocycles. The number of fused-ring (bicyclic) bond motifs is 1. The number of hydrogen-bond acceptors (Lipinski definition) is 1. The second-order valence-electron chi connectivity index (χ2n) is 16.4. The van der Waals surface area contributed by atoms with Crippen molar-refractivity contribution >= 4 is 121 Å². The fourth-order valence-corrected chi connectivity index (χ4v) is 9.15. The number of benzene rings is 9. The average molecular weight is 759 g/mol. The summed E-state index contributed by atoms with van der Waals surface area (Å²) in [6, 6.07) is 66.1. The van der Waals surface area contributed by atoms with Crippen molar-refractivity contribution in [1.82, 2.24) is 0 Å². The van der Waals surface area contributed by atoms with Crippen molar-refractivity contribution < 1.29 is 0 Å². The Hall–Kier alpha value is -6.51. The fourth-order valence-electron chi connectivity index (χ4n) is 9.15. The van der Waals surface area contributed by atoms with E-state index in [1.54, 1.807) is 0 Å². The van der Waals surface area contributed by atoms with Gasteiger partial charge in [-0.3, -0.25) is 0 Å². The Balaban J connectivity index is 1.09. The molecule has 0 heterocycles. The first kappa shape index (κ1) is 39.0. The van der Waals surface area contributed by atoms with Gasteiger partial charge in [-0.05, 0) is 115 Å². The van der Waals surface area contributed by atoms with E-state index in [1.807, 2.05) is 0 Å². The van der Waals surface area contributed by atoms with Crippen LogP contribution in [0.25, 0.3) is 66.4 Å². The maximum Gasteiger partial charge on any atom is 0.139 e. The minimum Gasteiger partial charge on any atom is -0.311 e. The molecule has 0 unspecified atom stereocenters. The van der Waals surface area contributed by atoms with Gasteiger partial charge in [0.2, 0.25) is 0 Å². The van der Waals surface area contributed by atoms with E-state index in [4.69, 9.17) is 0 Å². The molecule has 0 saturated heterocycles. The van der Waals surface area contributed by atoms with E-state index in [0.717, 1.165) is 17.1 Å². The van der Waals surface area contributed by atoms with E-state index in [1.165, 1.54) is 105 Å². The zero-order chi connectivity index (χ0) is 41.5. The summed E-state index contributed by atoms with van der Waals surface area (Å²) in [6.45, 7) is 0. The molecule has 0 aromatic heterocycles. The highest BCUT2D eigenvalue weighted by molar-refractivity contribution is 6.71. The zero-order valence-electron chi connectivity index (χ0n) is 35.8. The fraction of sp³-hybridized carbons (Fsp3) is 0. The monoisotopic (exact) mass is 759 g/mol. The minimum absolute atomic E-state index is 1.11. The number of hydrogen-bond donors (Lipinski definition) is 0. The highest BCUT2D eigenvalue weighted by Crippen LogP contribution is 2.38. The summed E-state index contributed by atoms with van der Waals surface area (Å²) in [6.07, 6.45) is 0. The van der Waals surface area contributed by atoms with E-state index in [0.29, 0.717) is 0 Å². The van der Waals surface area contributed by atoms with E-state index >= 15 is 0 Å². The lowest BCUT2D eigenvalue weighted by Crippen LogP contribution is -2.52. The summed E-state index contributed by atoms with van der Waals surface area (Å²) in [7, 11) is 16.1. The molecule has 0 spiro atoms. The Kier molecular flexibility index (Phi) is 10.6. The molecule has 0 N–H and O–H groups in total. The van der Waals surface area contributed by atoms with Gasteiger partial charge in [0.1, 0.15) is 54.9 Å². The molecule has 1 nitrogen and oxygen atoms in total. The maximum absolute atomic E-state index is 2.39. The van der Waals surface area contributed by atoms with Crippen LogP contribution in [0.4, 0.5) is 17.1 Å². The largest absolute Gasteiger partial charge is 0.311 e. The first-order valence-electron chi connectivity index (χ1n) is 21.1. The molecule has 0 atom stereocenters. The van der Waals surface area contributed by atoms with Crippen LogP contribution < -0.4 is 43.1 Å². The molecule has 0 aliphatic rings. The molecule has 9 aromatic carbocycles. The maximum atomic E-state index is 2.39. The lowest BCUT2D eigenvalue weighted by atomic mass is 9.59. The van der Waals surface area contributed by atoms with E-state index in [9.17, 15) is 0 Å². The van der Waals surface area contributed by atoms with Crippen molar-refractivity contribution in [3.63, 3.8) is 0 Å². The van der Waals surface area contributed by atoms with Gasteiger partial charge in [-0.25, -0.2) is 0 Å². The predicted molar refractivity (Wildman–Crippen MR) is 283 cm³/mol. The Morgan fingerprint density at radius 1 is 0.233 bits per heavy atom. The normalized spacial score (nSPS) is 11.1. The standard InChI is InChI=1S/C52H44B7N/c53-46-43(44-45(48(55)50(46)57)49(56)52(59)51(58)47(44)54)39-16-8-15-38(30-39)35-21-27-42(28-22-35)60(40-23-17-33(18-24-40)31-9-3-1-4-10-31)41-25-19-34(20-26-41)37-14-7-13-36(29-37)32-11-5-2-6-12-32/h1-30H,53-59H2. The van der Waals surface area contributed by atoms with Crippen LogP contribution in [-0.2, 0) is 0 Å². The van der Waals surface area contributed by atoms with Crippen LogP contribution in [-0.4, -0.2) is 54.9 Å². The summed E-state index contributed by atoms with van der Waals surface area (Å²) in [5, 5.41) is 2.81. The van der Waals surface area contributed by atoms with E-state index in [2.05, 4.69) is 242 Å². The summed E-state index contributed by atoms with van der Waals surface area (Å²) < 4.78 is 0. The molecule has 0 amide bonds. The number of anilines is 3. The highest BCUT2D eigenvalue weighted by Gasteiger charge is 2.20. The zero-order valence-corrected chi connectivity index (χ0v) is 35.8. The van der Waals surface area contributed by atoms with Crippen LogP contribution in [0.5, 0.6) is 0 Å². The van der Waals surface area contributed by atoms with Crippen molar-refractivity contribution in [2.45, 2.75) is 0 Å². The van der Waals surface area contributed by atoms with Gasteiger partial charge in [0.15, 0.2) is 0 Å². The van der Waals surface area contributed by atoms with Crippen LogP contribution in [0.1, 0.15) is 0 Å². The third-order valence-corrected chi connectivity index (χ3v) is 13.1. The lowest BCUT2D eigenvalue weighted by molar-refractivity contribution is 1.28. The molecular weight excluding hydrogens is 714 g/mol. The second kappa shape index (κ2) is 16.3. The van der Waals surface area contributed by atoms with E-state index < -0.39 is 0 Å². The average Bonchev–Trinajstić information content (AvgIpc) is 3.31. The van der Waals surface area contributed by atoms with Crippen LogP contribution in [0.2, 0.25) is 0 Å². The Morgan fingerprint density at radius 2 is 0.533 bits per heavy atom. The highest BCUT2D eigenvalue weighted by atomic mass is 15.1. The minimum atomic E-state index is 1.11. The van der Waals surface area contributed by atoms with Gasteiger partial charge in [-0.1, -0.05) is 155 Å². The molecule has 0 saturated carbocycles. The molecule has 0 fully saturated rings. The Bertz CT molecular complexity index is 3010. The number of rotatable bonds is 8. The van der Waals surface area contributed by atoms with Crippen LogP contribution in [0, 0.1) is 0 Å². The first-order valence-corrected chi connectivity index (χ1v) is 21.1. The summed E-state index contributed by atoms with van der Waals surface area (Å²) >= 11 is 0. The molecule has 60 heavy (non-hydrogen) atoms. The SMILES string of the molecule is Bc1c(B)c(B)c2c(-c3cccc(-c4ccc(N(c5ccc(-c6ccccc6)cc5)c5ccc(-c6cccc(-c7ccccc7)c6)cc5)cc4)c3)c(B)c(B)c(B)c2c1B. The third kappa shape index (κ3) is 7.15. The van der Waals surface area contributed by atoms with Gasteiger partial charge in [-0.15, -0.1) is 16.4 Å². The molecule has 0 bridgehead atoms. The van der Waals surface area contributed by atoms with Gasteiger partial charge in [0.05, 0.1) is 0 Å². The smallest absolute Gasteiger partial charge is 0.139 e. The van der Waals surface area contributed by atoms with Gasteiger partial charge in [0.25, 0.3) is 0 Å². The molecule has 9 aromatic rings. The molecule has 0 radical (unpaired) electrons. The van der Waals surface area contributed by atoms with Crippen molar-refractivity contribution in [3.05, 3.63) is 182 Å². The van der Waals surface area contributed by atoms with E-state index in [-0.39, 0.29) is 0 Å². The van der Waals surface area contributed by atoms with Crippen LogP contribution in [0.3, 0.4) is 0 Å². The second-order valence-corrected chi connectivity index (χ2v) is 16.4. The van der Waals surface area contributed by atoms with Crippen molar-refractivity contribution in [1.29, 1.82) is 0 Å². The summed E-state index contributed by atoms with van der Waals surface area (Å²) in [5.74, 6) is 0. The molecular formula is C52H44B7N. The van der Waals surface area contributed by atoms with Crippen molar-refractivity contribution in [2.24, 2.45) is 0 Å². The van der Waals surface area contributed by atoms with Crippen LogP contribution in [0.15, 0.2) is 182 Å². The Labute approximate surface area is 361 Å². The number of nitrogens with zero attached hydrogens (tertiary/aromatic N) is 1. The van der Waals surface area contributed by atoms with Crippen molar-refractivity contribution in [3.8, 4) is 55.6 Å². The molecule has 278 valence electrons. The summed E-state index contributed by atoms with van der Waals surface area (Å²) in [4.78, 5) is 2.36. The third-order valence-electron chi connectivity index (χ3n) is 13.1. The topological polar surface area (TPSA) is 3.24 Å². The Morgan fingerprint density at radius 3 is 0.967 bits per heavy atom. The van der Waals surface area contributed by atoms with Crippen LogP contribution >= 0.6 is 0 Å². The molecule has 0 aliphatic carbocycles. The molecule has 9 rings (SSSR count). The van der Waals surface area contributed by atoms with Crippen molar-refractivity contribution in [2.75, 3.05) is 4.90 Å². The van der Waals surface area contributed by atoms with Gasteiger partial charge in [0, 0.05) is 17.1 Å². The van der Waals surface area contributed by atoms with Gasteiger partial charge >= 0.3 is 0 Å². The summed E-state index contributed by atoms with van der Waals surface area (Å²) in [5.41, 5.74) is 25.3. The van der Waals surface area contributed by atoms with Gasteiger partial charge in [-0.2, -0.15) is 0 Å². The predicted octanol–water partition coefficient (Wildman–Crippen LogP) is 2.45. The van der Waals surface area contributed by atoms with Gasteiger partial charge < -0.3 is 4.90 Å². The lowest BCUT2D eigenvalue weighted by Gasteiger charge is -2.26. The molecule has 8 heteroatoms. The quantitative estimate of drug-likeness (QED) is 0.216.